The Kier molecular flexibility index (Phi) is 2.45. The fourth-order valence-corrected chi connectivity index (χ4v) is 1.92. The van der Waals surface area contributed by atoms with Crippen molar-refractivity contribution in [2.45, 2.75) is 0 Å². The molecule has 5 heteroatoms. The summed E-state index contributed by atoms with van der Waals surface area (Å²) in [5.74, 6) is 0.157. The number of para-hydroxylation sites is 1. The lowest BCUT2D eigenvalue weighted by molar-refractivity contribution is 0.100. The molecule has 1 amide bonds. The number of phenolic OH excluding ortho intramolecular Hbond substituents is 1. The van der Waals surface area contributed by atoms with Crippen LogP contribution in [0.4, 0.5) is 11.4 Å². The van der Waals surface area contributed by atoms with Crippen LogP contribution < -0.4 is 11.1 Å². The van der Waals surface area contributed by atoms with Crippen LogP contribution in [0.2, 0.25) is 0 Å². The van der Waals surface area contributed by atoms with Gasteiger partial charge in [-0.3, -0.25) is 4.79 Å². The minimum Gasteiger partial charge on any atom is -0.508 e. The summed E-state index contributed by atoms with van der Waals surface area (Å²) in [6.45, 7) is 0. The van der Waals surface area contributed by atoms with Crippen molar-refractivity contribution >= 4 is 23.1 Å². The maximum atomic E-state index is 11.3. The molecule has 0 spiro atoms. The number of hydrogen-bond acceptors (Lipinski definition) is 3. The van der Waals surface area contributed by atoms with Gasteiger partial charge in [-0.05, 0) is 36.4 Å². The van der Waals surface area contributed by atoms with Gasteiger partial charge in [0, 0.05) is 5.56 Å². The summed E-state index contributed by atoms with van der Waals surface area (Å²) in [5, 5.41) is 13.6. The lowest BCUT2D eigenvalue weighted by Gasteiger charge is -2.03. The number of amides is 1. The number of benzene rings is 2. The topological polar surface area (TPSA) is 89.8 Å². The lowest BCUT2D eigenvalue weighted by atomic mass is 10.1. The van der Waals surface area contributed by atoms with Crippen molar-refractivity contribution < 1.29 is 9.90 Å². The summed E-state index contributed by atoms with van der Waals surface area (Å²) in [6, 6.07) is 11.7. The van der Waals surface area contributed by atoms with Crippen molar-refractivity contribution in [3.63, 3.8) is 0 Å². The Morgan fingerprint density at radius 3 is 2.53 bits per heavy atom. The fraction of sp³-hybridized carbons (Fsp3) is 0. The fourth-order valence-electron chi connectivity index (χ4n) is 1.92. The first-order valence-corrected chi connectivity index (χ1v) is 5.68. The molecule has 0 bridgehead atoms. The molecule has 2 aromatic rings. The number of aromatic hydroxyl groups is 1. The van der Waals surface area contributed by atoms with Crippen LogP contribution in [-0.2, 0) is 0 Å². The molecule has 5 nitrogen and oxygen atoms in total. The van der Waals surface area contributed by atoms with Gasteiger partial charge in [0.25, 0.3) is 5.91 Å². The second-order valence-corrected chi connectivity index (χ2v) is 4.13. The van der Waals surface area contributed by atoms with Crippen LogP contribution in [-0.4, -0.2) is 16.8 Å². The Hall–Kier alpha value is -2.82. The Morgan fingerprint density at radius 1 is 1.11 bits per heavy atom. The molecule has 0 aromatic heterocycles. The zero-order chi connectivity index (χ0) is 13.4. The van der Waals surface area contributed by atoms with Gasteiger partial charge in [-0.15, -0.1) is 0 Å². The number of amidine groups is 1. The zero-order valence-corrected chi connectivity index (χ0v) is 9.87. The third kappa shape index (κ3) is 1.91. The largest absolute Gasteiger partial charge is 0.508 e. The monoisotopic (exact) mass is 252 g/mol. The predicted octanol–water partition coefficient (Wildman–Crippen LogP) is 1.82. The van der Waals surface area contributed by atoms with Crippen molar-refractivity contribution in [2.75, 3.05) is 0 Å². The molecule has 2 aromatic carbocycles. The molecule has 1 aliphatic heterocycles. The highest BCUT2D eigenvalue weighted by molar-refractivity contribution is 6.11. The standard InChI is InChI=1S/C14H10N3O2/c15-13(19)10-2-1-3-11-12(10)17-14(16-11)8-4-6-9(18)7-5-8/h1-7,18H,(H2,15,19). The number of aliphatic imine (C=N–C) groups is 1. The molecular formula is C14H10N3O2. The maximum Gasteiger partial charge on any atom is 0.250 e. The van der Waals surface area contributed by atoms with Gasteiger partial charge in [-0.2, -0.15) is 0 Å². The van der Waals surface area contributed by atoms with E-state index in [4.69, 9.17) is 5.73 Å². The van der Waals surface area contributed by atoms with Gasteiger partial charge in [-0.25, -0.2) is 10.3 Å². The van der Waals surface area contributed by atoms with Gasteiger partial charge in [-0.1, -0.05) is 6.07 Å². The summed E-state index contributed by atoms with van der Waals surface area (Å²) in [7, 11) is 0. The molecule has 0 aliphatic carbocycles. The van der Waals surface area contributed by atoms with Gasteiger partial charge in [0.15, 0.2) is 5.84 Å². The minimum atomic E-state index is -0.525. The van der Waals surface area contributed by atoms with Crippen LogP contribution in [0, 0.1) is 0 Å². The summed E-state index contributed by atoms with van der Waals surface area (Å²) in [4.78, 5) is 15.7. The second-order valence-electron chi connectivity index (χ2n) is 4.13. The molecule has 1 radical (unpaired) electrons. The minimum absolute atomic E-state index is 0.178. The number of hydrogen-bond donors (Lipinski definition) is 2. The molecule has 0 saturated carbocycles. The van der Waals surface area contributed by atoms with Gasteiger partial charge in [0.1, 0.15) is 11.4 Å². The highest BCUT2D eigenvalue weighted by Gasteiger charge is 2.22. The normalized spacial score (nSPS) is 12.5. The molecule has 3 N–H and O–H groups in total. The predicted molar refractivity (Wildman–Crippen MR) is 71.1 cm³/mol. The lowest BCUT2D eigenvalue weighted by Crippen LogP contribution is -2.15. The molecule has 1 heterocycles. The summed E-state index contributed by atoms with van der Waals surface area (Å²) in [6.07, 6.45) is 0. The van der Waals surface area contributed by atoms with Crippen LogP contribution in [0.3, 0.4) is 0 Å². The third-order valence-electron chi connectivity index (χ3n) is 2.85. The van der Waals surface area contributed by atoms with E-state index in [-0.39, 0.29) is 5.75 Å². The SMILES string of the molecule is NC(=O)c1cccc2c1[N]C(c1ccc(O)cc1)=N2. The van der Waals surface area contributed by atoms with Crippen molar-refractivity contribution in [3.8, 4) is 5.75 Å². The van der Waals surface area contributed by atoms with Gasteiger partial charge < -0.3 is 10.8 Å². The van der Waals surface area contributed by atoms with Crippen molar-refractivity contribution in [2.24, 2.45) is 10.7 Å². The Morgan fingerprint density at radius 2 is 1.84 bits per heavy atom. The summed E-state index contributed by atoms with van der Waals surface area (Å²) >= 11 is 0. The Labute approximate surface area is 109 Å². The number of carbonyl (C=O) groups excluding carboxylic acids is 1. The first-order chi connectivity index (χ1) is 9.15. The number of fused-ring (bicyclic) bond motifs is 1. The maximum absolute atomic E-state index is 11.3. The highest BCUT2D eigenvalue weighted by Crippen LogP contribution is 2.34. The first-order valence-electron chi connectivity index (χ1n) is 5.68. The molecule has 0 saturated heterocycles. The van der Waals surface area contributed by atoms with E-state index in [0.717, 1.165) is 5.56 Å². The van der Waals surface area contributed by atoms with Crippen LogP contribution >= 0.6 is 0 Å². The summed E-state index contributed by atoms with van der Waals surface area (Å²) < 4.78 is 0. The number of nitrogens with two attached hydrogens (primary N) is 1. The van der Waals surface area contributed by atoms with Crippen LogP contribution in [0.25, 0.3) is 0 Å². The molecule has 93 valence electrons. The molecule has 1 aliphatic rings. The zero-order valence-electron chi connectivity index (χ0n) is 9.87. The van der Waals surface area contributed by atoms with E-state index in [1.165, 1.54) is 0 Å². The second kappa shape index (κ2) is 4.13. The van der Waals surface area contributed by atoms with Crippen LogP contribution in [0.5, 0.6) is 5.75 Å². The first kappa shape index (κ1) is 11.3. The van der Waals surface area contributed by atoms with Crippen molar-refractivity contribution in [1.29, 1.82) is 0 Å². The molecule has 0 atom stereocenters. The Bertz CT molecular complexity index is 690. The molecular weight excluding hydrogens is 242 g/mol. The van der Waals surface area contributed by atoms with Crippen LogP contribution in [0.1, 0.15) is 15.9 Å². The number of nitrogens with zero attached hydrogens (tertiary/aromatic N) is 2. The van der Waals surface area contributed by atoms with E-state index in [1.807, 2.05) is 0 Å². The average Bonchev–Trinajstić information content (AvgIpc) is 2.82. The smallest absolute Gasteiger partial charge is 0.250 e. The number of phenols is 1. The van der Waals surface area contributed by atoms with E-state index in [9.17, 15) is 9.90 Å². The van der Waals surface area contributed by atoms with Crippen molar-refractivity contribution in [3.05, 3.63) is 53.6 Å². The van der Waals surface area contributed by atoms with E-state index in [0.29, 0.717) is 22.8 Å². The number of rotatable bonds is 2. The van der Waals surface area contributed by atoms with E-state index >= 15 is 0 Å². The highest BCUT2D eigenvalue weighted by atomic mass is 16.3. The number of primary amides is 1. The molecule has 3 rings (SSSR count). The van der Waals surface area contributed by atoms with E-state index < -0.39 is 5.91 Å². The average molecular weight is 252 g/mol. The Balaban J connectivity index is 2.01. The van der Waals surface area contributed by atoms with Gasteiger partial charge in [0.05, 0.1) is 11.3 Å². The van der Waals surface area contributed by atoms with Crippen LogP contribution in [0.15, 0.2) is 47.5 Å². The molecule has 0 fully saturated rings. The number of carbonyl (C=O) groups is 1. The third-order valence-corrected chi connectivity index (χ3v) is 2.85. The summed E-state index contributed by atoms with van der Waals surface area (Å²) in [5.41, 5.74) is 7.56. The van der Waals surface area contributed by atoms with Gasteiger partial charge in [0.2, 0.25) is 0 Å². The van der Waals surface area contributed by atoms with E-state index in [2.05, 4.69) is 10.3 Å². The van der Waals surface area contributed by atoms with Gasteiger partial charge >= 0.3 is 0 Å². The van der Waals surface area contributed by atoms with Crippen molar-refractivity contribution in [1.82, 2.24) is 5.32 Å². The molecule has 19 heavy (non-hydrogen) atoms. The quantitative estimate of drug-likeness (QED) is 0.853. The van der Waals surface area contributed by atoms with E-state index in [1.54, 1.807) is 42.5 Å². The molecule has 0 unspecified atom stereocenters.